The Labute approximate surface area is 219 Å². The van der Waals surface area contributed by atoms with Gasteiger partial charge in [-0.3, -0.25) is 0 Å². The number of nitrogens with zero attached hydrogens (tertiary/aromatic N) is 1. The first-order valence-corrected chi connectivity index (χ1v) is 25.8. The zero-order chi connectivity index (χ0) is 24.2. The predicted molar refractivity (Wildman–Crippen MR) is 159 cm³/mol. The molecule has 0 N–H and O–H groups in total. The Kier molecular flexibility index (Phi) is 8.93. The molecule has 0 saturated heterocycles. The summed E-state index contributed by atoms with van der Waals surface area (Å²) in [4.78, 5) is 2.67. The fourth-order valence-corrected chi connectivity index (χ4v) is 34.4. The van der Waals surface area contributed by atoms with Gasteiger partial charge in [0.1, 0.15) is 0 Å². The van der Waals surface area contributed by atoms with Crippen LogP contribution in [-0.2, 0) is 0 Å². The summed E-state index contributed by atoms with van der Waals surface area (Å²) in [5.74, 6) is 0. The van der Waals surface area contributed by atoms with Crippen molar-refractivity contribution in [3.05, 3.63) is 60.7 Å². The molecule has 0 radical (unpaired) electrons. The Morgan fingerprint density at radius 1 is 0.676 bits per heavy atom. The summed E-state index contributed by atoms with van der Waals surface area (Å²) in [5.41, 5.74) is 2.91. The third kappa shape index (κ3) is 5.05. The number of rotatable bonds is 11. The number of unbranched alkanes of at least 4 members (excludes halogenated alkanes) is 3. The van der Waals surface area contributed by atoms with Crippen LogP contribution in [0.5, 0.6) is 0 Å². The maximum atomic E-state index is 2.67. The average molecular weight is 643 g/mol. The standard InChI is InChI=1S/C18H16NSeSi.3C4H9.Sn/c1-21(2)16-10-5-3-8-14(16)19(18-12-7-13-20-18)15-9-4-6-11-17(15)21;3*1-3-4-2;/h3-12H,1-2H3;3*1,3-4H2,2H3;. The van der Waals surface area contributed by atoms with E-state index in [0.717, 1.165) is 0 Å². The topological polar surface area (TPSA) is 3.24 Å². The molecule has 2 heterocycles. The van der Waals surface area contributed by atoms with Crippen molar-refractivity contribution < 1.29 is 0 Å². The molecular formula is C30H43NSeSiSn. The van der Waals surface area contributed by atoms with Crippen molar-refractivity contribution in [1.82, 2.24) is 0 Å². The molecule has 0 spiro atoms. The van der Waals surface area contributed by atoms with Crippen LogP contribution in [0.25, 0.3) is 0 Å². The molecule has 2 aromatic carbocycles. The van der Waals surface area contributed by atoms with Crippen LogP contribution in [0.1, 0.15) is 59.3 Å². The van der Waals surface area contributed by atoms with E-state index in [-0.39, 0.29) is 0 Å². The van der Waals surface area contributed by atoms with Gasteiger partial charge in [0.15, 0.2) is 0 Å². The van der Waals surface area contributed by atoms with E-state index in [9.17, 15) is 0 Å². The zero-order valence-electron chi connectivity index (χ0n) is 22.0. The van der Waals surface area contributed by atoms with E-state index in [1.54, 1.807) is 28.2 Å². The third-order valence-corrected chi connectivity index (χ3v) is 35.7. The molecule has 34 heavy (non-hydrogen) atoms. The molecule has 0 amide bonds. The van der Waals surface area contributed by atoms with Crippen LogP contribution in [0.3, 0.4) is 0 Å². The number of para-hydroxylation sites is 2. The number of hydrogen-bond donors (Lipinski definition) is 0. The molecule has 1 aromatic heterocycles. The summed E-state index contributed by atoms with van der Waals surface area (Å²) < 4.78 is 8.29. The van der Waals surface area contributed by atoms with Crippen LogP contribution in [0.15, 0.2) is 60.7 Å². The first kappa shape index (κ1) is 26.3. The molecule has 4 heteroatoms. The van der Waals surface area contributed by atoms with Gasteiger partial charge in [-0.2, -0.15) is 0 Å². The molecule has 0 unspecified atom stereocenters. The second kappa shape index (κ2) is 11.5. The van der Waals surface area contributed by atoms with Gasteiger partial charge in [-0.05, 0) is 0 Å². The van der Waals surface area contributed by atoms with E-state index in [2.05, 4.69) is 99.4 Å². The Morgan fingerprint density at radius 3 is 1.62 bits per heavy atom. The van der Waals surface area contributed by atoms with Crippen LogP contribution in [0, 0.1) is 0 Å². The SMILES string of the molecule is CCC[CH2][Sn]([CH2]CCC)([CH2]CCC)[c]1ccc(N2c3ccccc3[Si](C)(C)c3ccccc32)[se]1. The minimum atomic E-state index is -2.36. The normalized spacial score (nSPS) is 14.7. The zero-order valence-corrected chi connectivity index (χ0v) is 27.6. The van der Waals surface area contributed by atoms with Gasteiger partial charge in [-0.25, -0.2) is 0 Å². The van der Waals surface area contributed by atoms with E-state index in [1.165, 1.54) is 49.9 Å². The van der Waals surface area contributed by atoms with Gasteiger partial charge in [-0.15, -0.1) is 0 Å². The quantitative estimate of drug-likeness (QED) is 0.197. The molecule has 1 nitrogen and oxygen atoms in total. The van der Waals surface area contributed by atoms with E-state index in [1.807, 2.05) is 2.45 Å². The fourth-order valence-electron chi connectivity index (χ4n) is 5.93. The first-order valence-electron chi connectivity index (χ1n) is 13.6. The predicted octanol–water partition coefficient (Wildman–Crippen LogP) is 7.41. The fraction of sp³-hybridized carbons (Fsp3) is 0.467. The van der Waals surface area contributed by atoms with Crippen molar-refractivity contribution in [3.8, 4) is 0 Å². The molecule has 1 aliphatic rings. The van der Waals surface area contributed by atoms with Crippen LogP contribution in [0.2, 0.25) is 26.4 Å². The summed E-state index contributed by atoms with van der Waals surface area (Å²) in [6.45, 7) is 12.2. The molecule has 3 aromatic rings. The van der Waals surface area contributed by atoms with Crippen molar-refractivity contribution in [3.63, 3.8) is 0 Å². The van der Waals surface area contributed by atoms with Crippen molar-refractivity contribution in [2.45, 2.75) is 85.7 Å². The number of anilines is 3. The van der Waals surface area contributed by atoms with Crippen molar-refractivity contribution in [2.75, 3.05) is 4.90 Å². The van der Waals surface area contributed by atoms with Gasteiger partial charge in [0, 0.05) is 0 Å². The molecule has 0 aliphatic carbocycles. The minimum absolute atomic E-state index is 0.467. The second-order valence-corrected chi connectivity index (χ2v) is 32.7. The molecule has 0 bridgehead atoms. The van der Waals surface area contributed by atoms with Crippen LogP contribution >= 0.6 is 0 Å². The van der Waals surface area contributed by atoms with Crippen LogP contribution < -0.4 is 17.7 Å². The molecule has 0 atom stereocenters. The second-order valence-electron chi connectivity index (χ2n) is 10.7. The van der Waals surface area contributed by atoms with Gasteiger partial charge in [0.05, 0.1) is 0 Å². The Bertz CT molecular complexity index is 1020. The summed E-state index contributed by atoms with van der Waals surface area (Å²) in [5, 5.41) is 3.19. The molecule has 1 aliphatic heterocycles. The van der Waals surface area contributed by atoms with Crippen molar-refractivity contribution in [2.24, 2.45) is 0 Å². The molecule has 182 valence electrons. The molecular weight excluding hydrogens is 600 g/mol. The Hall–Kier alpha value is -0.745. The van der Waals surface area contributed by atoms with Gasteiger partial charge < -0.3 is 0 Å². The van der Waals surface area contributed by atoms with E-state index in [4.69, 9.17) is 0 Å². The molecule has 4 rings (SSSR count). The molecule has 0 saturated carbocycles. The Morgan fingerprint density at radius 2 is 1.15 bits per heavy atom. The average Bonchev–Trinajstić information content (AvgIpc) is 3.34. The summed E-state index contributed by atoms with van der Waals surface area (Å²) in [6, 6.07) is 23.8. The number of fused-ring (bicyclic) bond motifs is 2. The molecule has 0 fully saturated rings. The van der Waals surface area contributed by atoms with Crippen molar-refractivity contribution >= 4 is 69.7 Å². The monoisotopic (exact) mass is 645 g/mol. The van der Waals surface area contributed by atoms with Gasteiger partial charge in [0.25, 0.3) is 0 Å². The van der Waals surface area contributed by atoms with Gasteiger partial charge in [0.2, 0.25) is 0 Å². The van der Waals surface area contributed by atoms with E-state index < -0.39 is 26.5 Å². The third-order valence-electron chi connectivity index (χ3n) is 8.00. The van der Waals surface area contributed by atoms with E-state index in [0.29, 0.717) is 14.5 Å². The Balaban J connectivity index is 1.81. The first-order chi connectivity index (χ1) is 16.5. The summed E-state index contributed by atoms with van der Waals surface area (Å²) in [6.07, 6.45) is 8.39. The van der Waals surface area contributed by atoms with Gasteiger partial charge >= 0.3 is 221 Å². The maximum absolute atomic E-state index is 2.67. The van der Waals surface area contributed by atoms with Gasteiger partial charge in [-0.1, -0.05) is 0 Å². The number of benzene rings is 2. The van der Waals surface area contributed by atoms with Crippen LogP contribution in [-0.4, -0.2) is 41.0 Å². The van der Waals surface area contributed by atoms with E-state index >= 15 is 0 Å². The number of hydrogen-bond acceptors (Lipinski definition) is 1. The summed E-state index contributed by atoms with van der Waals surface area (Å²) in [7, 11) is -1.70. The summed E-state index contributed by atoms with van der Waals surface area (Å²) >= 11 is -1.89. The van der Waals surface area contributed by atoms with Crippen LogP contribution in [0.4, 0.5) is 15.9 Å². The van der Waals surface area contributed by atoms with Crippen molar-refractivity contribution in [1.29, 1.82) is 0 Å².